The minimum absolute atomic E-state index is 0.250. The largest absolute Gasteiger partial charge is 0.493 e. The average molecular weight is 451 g/mol. The predicted molar refractivity (Wildman–Crippen MR) is 122 cm³/mol. The van der Waals surface area contributed by atoms with Crippen LogP contribution in [0.15, 0.2) is 60.7 Å². The molecule has 1 amide bonds. The fraction of sp³-hybridized carbons (Fsp3) is 0.200. The number of ether oxygens (including phenoxy) is 5. The van der Waals surface area contributed by atoms with E-state index in [2.05, 4.69) is 5.32 Å². The molecule has 0 unspecified atom stereocenters. The molecule has 0 saturated carbocycles. The molecule has 0 bridgehead atoms. The summed E-state index contributed by atoms with van der Waals surface area (Å²) in [4.78, 5) is 24.9. The minimum Gasteiger partial charge on any atom is -0.493 e. The molecule has 3 rings (SSSR count). The number of carbonyl (C=O) groups excluding carboxylic acids is 2. The summed E-state index contributed by atoms with van der Waals surface area (Å²) in [5.41, 5.74) is 1.63. The Hall–Kier alpha value is -4.20. The van der Waals surface area contributed by atoms with E-state index in [0.29, 0.717) is 46.4 Å². The topological polar surface area (TPSA) is 92.3 Å². The zero-order valence-electron chi connectivity index (χ0n) is 18.8. The van der Waals surface area contributed by atoms with Gasteiger partial charge in [-0.2, -0.15) is 0 Å². The van der Waals surface area contributed by atoms with Crippen molar-refractivity contribution in [2.45, 2.75) is 6.54 Å². The van der Waals surface area contributed by atoms with Crippen LogP contribution in [0.5, 0.6) is 28.7 Å². The van der Waals surface area contributed by atoms with Crippen molar-refractivity contribution in [3.8, 4) is 28.7 Å². The number of rotatable bonds is 9. The van der Waals surface area contributed by atoms with Gasteiger partial charge in [-0.05, 0) is 54.1 Å². The van der Waals surface area contributed by atoms with E-state index in [0.717, 1.165) is 5.56 Å². The molecule has 172 valence electrons. The van der Waals surface area contributed by atoms with E-state index in [1.807, 2.05) is 0 Å². The Morgan fingerprint density at radius 1 is 0.667 bits per heavy atom. The van der Waals surface area contributed by atoms with E-state index in [-0.39, 0.29) is 5.91 Å². The second kappa shape index (κ2) is 10.9. The highest BCUT2D eigenvalue weighted by Gasteiger charge is 2.14. The maximum Gasteiger partial charge on any atom is 0.343 e. The molecule has 0 aliphatic carbocycles. The molecule has 1 N–H and O–H groups in total. The van der Waals surface area contributed by atoms with Crippen molar-refractivity contribution in [3.63, 3.8) is 0 Å². The summed E-state index contributed by atoms with van der Waals surface area (Å²) in [5, 5.41) is 2.84. The van der Waals surface area contributed by atoms with Crippen LogP contribution in [0.3, 0.4) is 0 Å². The number of benzene rings is 3. The van der Waals surface area contributed by atoms with Crippen molar-refractivity contribution in [2.24, 2.45) is 0 Å². The summed E-state index contributed by atoms with van der Waals surface area (Å²) >= 11 is 0. The third kappa shape index (κ3) is 5.74. The van der Waals surface area contributed by atoms with Crippen molar-refractivity contribution in [2.75, 3.05) is 28.4 Å². The number of esters is 1. The summed E-state index contributed by atoms with van der Waals surface area (Å²) in [7, 11) is 6.06. The average Bonchev–Trinajstić information content (AvgIpc) is 2.87. The quantitative estimate of drug-likeness (QED) is 0.390. The molecule has 0 saturated heterocycles. The van der Waals surface area contributed by atoms with Gasteiger partial charge >= 0.3 is 5.97 Å². The number of hydrogen-bond donors (Lipinski definition) is 1. The second-order valence-electron chi connectivity index (χ2n) is 6.86. The fourth-order valence-electron chi connectivity index (χ4n) is 3.07. The first-order chi connectivity index (χ1) is 16.0. The van der Waals surface area contributed by atoms with Crippen LogP contribution in [0.1, 0.15) is 26.3 Å². The second-order valence-corrected chi connectivity index (χ2v) is 6.86. The standard InChI is InChI=1S/C25H25NO7/c1-29-20-11-7-17(13-22(20)31-3)24(27)26-15-16-5-9-19(10-6-16)33-25(28)18-8-12-21(30-2)23(14-18)32-4/h5-14H,15H2,1-4H3,(H,26,27). The lowest BCUT2D eigenvalue weighted by Gasteiger charge is -2.11. The van der Waals surface area contributed by atoms with Crippen LogP contribution in [0.4, 0.5) is 0 Å². The maximum atomic E-state index is 12.5. The van der Waals surface area contributed by atoms with Crippen LogP contribution in [0.2, 0.25) is 0 Å². The summed E-state index contributed by atoms with van der Waals surface area (Å²) in [5.74, 6) is 1.59. The highest BCUT2D eigenvalue weighted by Crippen LogP contribution is 2.29. The van der Waals surface area contributed by atoms with E-state index in [1.54, 1.807) is 60.7 Å². The Labute approximate surface area is 192 Å². The molecule has 0 aliphatic heterocycles. The van der Waals surface area contributed by atoms with E-state index in [9.17, 15) is 9.59 Å². The molecule has 33 heavy (non-hydrogen) atoms. The van der Waals surface area contributed by atoms with Gasteiger partial charge < -0.3 is 29.0 Å². The normalized spacial score (nSPS) is 10.2. The number of methoxy groups -OCH3 is 4. The molecule has 0 aliphatic rings. The van der Waals surface area contributed by atoms with E-state index < -0.39 is 5.97 Å². The van der Waals surface area contributed by atoms with Gasteiger partial charge in [0, 0.05) is 12.1 Å². The van der Waals surface area contributed by atoms with Crippen molar-refractivity contribution < 1.29 is 33.3 Å². The first-order valence-corrected chi connectivity index (χ1v) is 10.0. The molecule has 0 fully saturated rings. The lowest BCUT2D eigenvalue weighted by Crippen LogP contribution is -2.22. The Morgan fingerprint density at radius 3 is 1.73 bits per heavy atom. The summed E-state index contributed by atoms with van der Waals surface area (Å²) < 4.78 is 26.2. The Morgan fingerprint density at radius 2 is 1.18 bits per heavy atom. The van der Waals surface area contributed by atoms with Crippen molar-refractivity contribution in [3.05, 3.63) is 77.4 Å². The summed E-state index contributed by atoms with van der Waals surface area (Å²) in [6, 6.07) is 16.6. The van der Waals surface area contributed by atoms with Gasteiger partial charge in [0.15, 0.2) is 23.0 Å². The number of amides is 1. The Bertz CT molecular complexity index is 1130. The van der Waals surface area contributed by atoms with Gasteiger partial charge in [-0.15, -0.1) is 0 Å². The molecule has 8 nitrogen and oxygen atoms in total. The summed E-state index contributed by atoms with van der Waals surface area (Å²) in [6.45, 7) is 0.303. The third-order valence-electron chi connectivity index (χ3n) is 4.85. The number of nitrogens with one attached hydrogen (secondary N) is 1. The third-order valence-corrected chi connectivity index (χ3v) is 4.85. The van der Waals surface area contributed by atoms with Gasteiger partial charge in [0.05, 0.1) is 34.0 Å². The smallest absolute Gasteiger partial charge is 0.343 e. The van der Waals surface area contributed by atoms with Crippen LogP contribution in [-0.2, 0) is 6.54 Å². The highest BCUT2D eigenvalue weighted by atomic mass is 16.5. The van der Waals surface area contributed by atoms with Crippen molar-refractivity contribution >= 4 is 11.9 Å². The molecule has 0 radical (unpaired) electrons. The maximum absolute atomic E-state index is 12.5. The van der Waals surface area contributed by atoms with E-state index in [4.69, 9.17) is 23.7 Å². The van der Waals surface area contributed by atoms with E-state index >= 15 is 0 Å². The van der Waals surface area contributed by atoms with Crippen molar-refractivity contribution in [1.29, 1.82) is 0 Å². The molecule has 3 aromatic rings. The molecule has 8 heteroatoms. The highest BCUT2D eigenvalue weighted by molar-refractivity contribution is 5.95. The summed E-state index contributed by atoms with van der Waals surface area (Å²) in [6.07, 6.45) is 0. The predicted octanol–water partition coefficient (Wildman–Crippen LogP) is 3.87. The lowest BCUT2D eigenvalue weighted by atomic mass is 10.1. The minimum atomic E-state index is -0.523. The number of hydrogen-bond acceptors (Lipinski definition) is 7. The molecule has 0 aromatic heterocycles. The van der Waals surface area contributed by atoms with E-state index in [1.165, 1.54) is 28.4 Å². The van der Waals surface area contributed by atoms with Crippen LogP contribution < -0.4 is 29.0 Å². The molecule has 0 heterocycles. The van der Waals surface area contributed by atoms with Crippen LogP contribution >= 0.6 is 0 Å². The SMILES string of the molecule is COc1ccc(C(=O)NCc2ccc(OC(=O)c3ccc(OC)c(OC)c3)cc2)cc1OC. The molecule has 0 atom stereocenters. The zero-order valence-corrected chi connectivity index (χ0v) is 18.8. The molecular weight excluding hydrogens is 426 g/mol. The van der Waals surface area contributed by atoms with Gasteiger partial charge in [-0.25, -0.2) is 4.79 Å². The number of carbonyl (C=O) groups is 2. The molecular formula is C25H25NO7. The zero-order chi connectivity index (χ0) is 23.8. The molecule has 0 spiro atoms. The van der Waals surface area contributed by atoms with Gasteiger partial charge in [0.1, 0.15) is 5.75 Å². The van der Waals surface area contributed by atoms with Gasteiger partial charge in [0.2, 0.25) is 0 Å². The van der Waals surface area contributed by atoms with Gasteiger partial charge in [-0.3, -0.25) is 4.79 Å². The molecule has 3 aromatic carbocycles. The fourth-order valence-corrected chi connectivity index (χ4v) is 3.07. The Kier molecular flexibility index (Phi) is 7.75. The first kappa shape index (κ1) is 23.5. The Balaban J connectivity index is 1.59. The van der Waals surface area contributed by atoms with Crippen LogP contribution in [0, 0.1) is 0 Å². The van der Waals surface area contributed by atoms with Gasteiger partial charge in [0.25, 0.3) is 5.91 Å². The monoisotopic (exact) mass is 451 g/mol. The van der Waals surface area contributed by atoms with Crippen molar-refractivity contribution in [1.82, 2.24) is 5.32 Å². The van der Waals surface area contributed by atoms with Crippen LogP contribution in [-0.4, -0.2) is 40.3 Å². The van der Waals surface area contributed by atoms with Gasteiger partial charge in [-0.1, -0.05) is 12.1 Å². The first-order valence-electron chi connectivity index (χ1n) is 10.0. The lowest BCUT2D eigenvalue weighted by molar-refractivity contribution is 0.0734. The van der Waals surface area contributed by atoms with Crippen LogP contribution in [0.25, 0.3) is 0 Å².